The van der Waals surface area contributed by atoms with Gasteiger partial charge < -0.3 is 10.1 Å². The molecule has 4 atom stereocenters. The topological polar surface area (TPSA) is 145 Å². The van der Waals surface area contributed by atoms with Crippen molar-refractivity contribution in [2.45, 2.75) is 18.2 Å². The van der Waals surface area contributed by atoms with Crippen molar-refractivity contribution in [2.75, 3.05) is 11.9 Å². The maximum Gasteiger partial charge on any atom is 0.299 e. The molecule has 2 fully saturated rings. The number of likely N-dealkylation sites (tertiary alicyclic amines) is 1. The number of hydrogen-bond acceptors (Lipinski definition) is 8. The van der Waals surface area contributed by atoms with Crippen LogP contribution in [0.3, 0.4) is 0 Å². The van der Waals surface area contributed by atoms with Gasteiger partial charge in [0.1, 0.15) is 11.3 Å². The number of carbonyl (C=O) groups is 2. The number of rotatable bonds is 7. The third-order valence-electron chi connectivity index (χ3n) is 6.37. The van der Waals surface area contributed by atoms with Gasteiger partial charge in [0, 0.05) is 12.6 Å². The van der Waals surface area contributed by atoms with E-state index in [4.69, 9.17) is 4.74 Å². The van der Waals surface area contributed by atoms with Gasteiger partial charge in [0.05, 0.1) is 40.4 Å². The molecule has 0 aliphatic carbocycles. The fraction of sp³-hybridized carbons (Fsp3) is 0.273. The quantitative estimate of drug-likeness (QED) is 0.293. The summed E-state index contributed by atoms with van der Waals surface area (Å²) < 4.78 is 6.03. The van der Waals surface area contributed by atoms with E-state index in [0.29, 0.717) is 0 Å². The number of nitrogens with zero attached hydrogens (tertiary/aromatic N) is 3. The Morgan fingerprint density at radius 1 is 1.03 bits per heavy atom. The summed E-state index contributed by atoms with van der Waals surface area (Å²) in [6.07, 6.45) is 2.91. The number of ether oxygens (including phenoxy) is 1. The normalized spacial score (nSPS) is 27.2. The zero-order valence-corrected chi connectivity index (χ0v) is 17.1. The number of nitro benzene ring substituents is 2. The van der Waals surface area contributed by atoms with Gasteiger partial charge in [0.2, 0.25) is 11.8 Å². The molecule has 11 heteroatoms. The predicted molar refractivity (Wildman–Crippen MR) is 114 cm³/mol. The molecule has 0 spiro atoms. The minimum Gasteiger partial charge on any atom is -0.376 e. The highest BCUT2D eigenvalue weighted by atomic mass is 16.6. The number of nitro groups is 2. The van der Waals surface area contributed by atoms with E-state index in [2.05, 4.69) is 5.32 Å². The monoisotopic (exact) mass is 450 g/mol. The second-order valence-electron chi connectivity index (χ2n) is 8.22. The molecule has 2 amide bonds. The van der Waals surface area contributed by atoms with Gasteiger partial charge in [-0.3, -0.25) is 34.7 Å². The first-order valence-electron chi connectivity index (χ1n) is 10.2. The molecule has 2 bridgehead atoms. The molecule has 11 nitrogen and oxygen atoms in total. The van der Waals surface area contributed by atoms with E-state index < -0.39 is 44.8 Å². The van der Waals surface area contributed by atoms with Gasteiger partial charge in [0.25, 0.3) is 11.4 Å². The number of nitrogens with one attached hydrogen (secondary N) is 1. The van der Waals surface area contributed by atoms with Gasteiger partial charge in [-0.1, -0.05) is 42.5 Å². The molecule has 0 radical (unpaired) electrons. The van der Waals surface area contributed by atoms with Crippen molar-refractivity contribution in [1.29, 1.82) is 0 Å². The Balaban J connectivity index is 1.39. The van der Waals surface area contributed by atoms with Gasteiger partial charge in [-0.2, -0.15) is 0 Å². The van der Waals surface area contributed by atoms with Crippen molar-refractivity contribution in [3.8, 4) is 0 Å². The van der Waals surface area contributed by atoms with Crippen LogP contribution in [0.1, 0.15) is 5.56 Å². The molecule has 2 aromatic carbocycles. The number of fused-ring (bicyclic) bond motifs is 5. The molecule has 2 aromatic rings. The Morgan fingerprint density at radius 2 is 1.79 bits per heavy atom. The summed E-state index contributed by atoms with van der Waals surface area (Å²) in [5, 5.41) is 25.3. The Bertz CT molecular complexity index is 1210. The summed E-state index contributed by atoms with van der Waals surface area (Å²) in [5.41, 5.74) is -1.14. The molecule has 3 aliphatic rings. The van der Waals surface area contributed by atoms with E-state index >= 15 is 0 Å². The first-order chi connectivity index (χ1) is 15.8. The van der Waals surface area contributed by atoms with Crippen LogP contribution in [0, 0.1) is 32.1 Å². The van der Waals surface area contributed by atoms with Gasteiger partial charge in [0.15, 0.2) is 0 Å². The lowest BCUT2D eigenvalue weighted by atomic mass is 9.77. The second kappa shape index (κ2) is 7.48. The van der Waals surface area contributed by atoms with Crippen LogP contribution in [0.4, 0.5) is 17.1 Å². The predicted octanol–water partition coefficient (Wildman–Crippen LogP) is 2.42. The fourth-order valence-electron chi connectivity index (χ4n) is 4.86. The highest BCUT2D eigenvalue weighted by Crippen LogP contribution is 2.52. The Kier molecular flexibility index (Phi) is 4.71. The van der Waals surface area contributed by atoms with Crippen molar-refractivity contribution < 1.29 is 24.2 Å². The van der Waals surface area contributed by atoms with Gasteiger partial charge in [-0.15, -0.1) is 0 Å². The van der Waals surface area contributed by atoms with Crippen LogP contribution in [-0.4, -0.2) is 44.8 Å². The molecule has 33 heavy (non-hydrogen) atoms. The maximum atomic E-state index is 13.3. The van der Waals surface area contributed by atoms with E-state index in [-0.39, 0.29) is 30.6 Å². The molecule has 0 aromatic heterocycles. The van der Waals surface area contributed by atoms with Gasteiger partial charge in [-0.25, -0.2) is 0 Å². The van der Waals surface area contributed by atoms with Crippen LogP contribution in [0.5, 0.6) is 0 Å². The molecule has 168 valence electrons. The Labute approximate surface area is 186 Å². The van der Waals surface area contributed by atoms with Gasteiger partial charge in [-0.05, 0) is 11.6 Å². The van der Waals surface area contributed by atoms with Crippen molar-refractivity contribution >= 4 is 28.9 Å². The number of carbonyl (C=O) groups excluding carboxylic acids is 2. The van der Waals surface area contributed by atoms with Crippen LogP contribution < -0.4 is 5.32 Å². The maximum absolute atomic E-state index is 13.3. The van der Waals surface area contributed by atoms with Crippen molar-refractivity contribution in [2.24, 2.45) is 11.8 Å². The lowest BCUT2D eigenvalue weighted by Gasteiger charge is -2.29. The zero-order chi connectivity index (χ0) is 23.3. The third kappa shape index (κ3) is 3.24. The molecule has 5 rings (SSSR count). The van der Waals surface area contributed by atoms with Crippen molar-refractivity contribution in [3.63, 3.8) is 0 Å². The molecular formula is C22H18N4O7. The summed E-state index contributed by atoms with van der Waals surface area (Å²) in [4.78, 5) is 48.6. The minimum atomic E-state index is -1.15. The highest BCUT2D eigenvalue weighted by molar-refractivity contribution is 6.07. The average Bonchev–Trinajstić information content (AvgIpc) is 3.44. The zero-order valence-electron chi connectivity index (χ0n) is 17.1. The summed E-state index contributed by atoms with van der Waals surface area (Å²) >= 11 is 0. The summed E-state index contributed by atoms with van der Waals surface area (Å²) in [6, 6.07) is 12.5. The van der Waals surface area contributed by atoms with Crippen LogP contribution in [-0.2, 0) is 20.9 Å². The van der Waals surface area contributed by atoms with E-state index in [1.807, 2.05) is 30.3 Å². The van der Waals surface area contributed by atoms with Crippen molar-refractivity contribution in [1.82, 2.24) is 4.90 Å². The van der Waals surface area contributed by atoms with E-state index in [9.17, 15) is 29.8 Å². The van der Waals surface area contributed by atoms with Crippen LogP contribution in [0.15, 0.2) is 60.7 Å². The van der Waals surface area contributed by atoms with Crippen molar-refractivity contribution in [3.05, 3.63) is 86.5 Å². The largest absolute Gasteiger partial charge is 0.376 e. The van der Waals surface area contributed by atoms with Crippen LogP contribution >= 0.6 is 0 Å². The second-order valence-corrected chi connectivity index (χ2v) is 8.22. The summed E-state index contributed by atoms with van der Waals surface area (Å²) in [5.74, 6) is -2.06. The van der Waals surface area contributed by atoms with E-state index in [1.54, 1.807) is 12.2 Å². The highest BCUT2D eigenvalue weighted by Gasteiger charge is 2.67. The van der Waals surface area contributed by atoms with E-state index in [1.165, 1.54) is 11.0 Å². The average molecular weight is 450 g/mol. The molecule has 3 heterocycles. The molecule has 2 saturated heterocycles. The molecule has 0 unspecified atom stereocenters. The van der Waals surface area contributed by atoms with Crippen LogP contribution in [0.25, 0.3) is 0 Å². The fourth-order valence-corrected chi connectivity index (χ4v) is 4.86. The number of anilines is 1. The van der Waals surface area contributed by atoms with Crippen LogP contribution in [0.2, 0.25) is 0 Å². The lowest BCUT2D eigenvalue weighted by Crippen LogP contribution is -2.45. The molecule has 1 N–H and O–H groups in total. The number of benzene rings is 2. The molecular weight excluding hydrogens is 432 g/mol. The SMILES string of the molecule is O=C1[C@@H]2[C@@H](C(=O)N1Cc1ccccc1)[C@]1(CNc3ccc([N+](=O)[O-])cc3[N+](=O)[O-])C=C[C@H]2O1. The standard InChI is InChI=1S/C22H18N4O7/c27-20-18-17-8-9-22(33-17,19(18)21(28)24(20)11-13-4-2-1-3-5-13)12-23-15-7-6-14(25(29)30)10-16(15)26(31)32/h1-10,17-19,23H,11-12H2/t17-,18+,19+,22-/m1/s1. The summed E-state index contributed by atoms with van der Waals surface area (Å²) in [6.45, 7) is 0.146. The third-order valence-corrected chi connectivity index (χ3v) is 6.37. The molecule has 0 saturated carbocycles. The number of imide groups is 1. The molecule has 3 aliphatic heterocycles. The van der Waals surface area contributed by atoms with Gasteiger partial charge >= 0.3 is 0 Å². The Morgan fingerprint density at radius 3 is 2.48 bits per heavy atom. The number of non-ortho nitro benzene ring substituents is 1. The lowest BCUT2D eigenvalue weighted by molar-refractivity contribution is -0.393. The van der Waals surface area contributed by atoms with E-state index in [0.717, 1.165) is 17.7 Å². The summed E-state index contributed by atoms with van der Waals surface area (Å²) in [7, 11) is 0. The minimum absolute atomic E-state index is 0.0159. The smallest absolute Gasteiger partial charge is 0.299 e. The first-order valence-corrected chi connectivity index (χ1v) is 10.2. The first kappa shape index (κ1) is 20.8. The number of hydrogen-bond donors (Lipinski definition) is 1. The number of amides is 2. The Hall–Kier alpha value is -4.12.